The van der Waals surface area contributed by atoms with E-state index in [1.807, 2.05) is 30.3 Å². The Morgan fingerprint density at radius 1 is 0.848 bits per heavy atom. The number of phenolic OH excluding ortho intramolecular Hbond substituents is 1. The minimum absolute atomic E-state index is 0.103. The van der Waals surface area contributed by atoms with Crippen molar-refractivity contribution in [3.8, 4) is 29.0 Å². The van der Waals surface area contributed by atoms with Gasteiger partial charge in [0.15, 0.2) is 5.58 Å². The van der Waals surface area contributed by atoms with E-state index < -0.39 is 0 Å². The van der Waals surface area contributed by atoms with E-state index in [9.17, 15) is 5.11 Å². The second-order valence-corrected chi connectivity index (χ2v) is 8.21. The SMILES string of the molecule is CCCCN(CCCC)c1ccc(C#Cc2ccc(-c3nc4ccccc4o3)c(O)c2)cc1. The van der Waals surface area contributed by atoms with Gasteiger partial charge < -0.3 is 14.4 Å². The van der Waals surface area contributed by atoms with Crippen LogP contribution in [0.25, 0.3) is 22.6 Å². The molecule has 0 bridgehead atoms. The summed E-state index contributed by atoms with van der Waals surface area (Å²) in [5.74, 6) is 6.86. The molecule has 1 heterocycles. The van der Waals surface area contributed by atoms with Crippen molar-refractivity contribution in [3.05, 3.63) is 77.9 Å². The van der Waals surface area contributed by atoms with Gasteiger partial charge in [-0.25, -0.2) is 4.98 Å². The monoisotopic (exact) mass is 438 g/mol. The Hall–Kier alpha value is -3.71. The summed E-state index contributed by atoms with van der Waals surface area (Å²) in [7, 11) is 0. The van der Waals surface area contributed by atoms with Crippen molar-refractivity contribution in [1.29, 1.82) is 0 Å². The van der Waals surface area contributed by atoms with Crippen molar-refractivity contribution in [2.75, 3.05) is 18.0 Å². The van der Waals surface area contributed by atoms with Crippen LogP contribution in [0.1, 0.15) is 50.7 Å². The molecule has 0 saturated heterocycles. The van der Waals surface area contributed by atoms with E-state index in [4.69, 9.17) is 4.42 Å². The summed E-state index contributed by atoms with van der Waals surface area (Å²) < 4.78 is 5.77. The number of para-hydroxylation sites is 2. The van der Waals surface area contributed by atoms with Crippen molar-refractivity contribution in [3.63, 3.8) is 0 Å². The lowest BCUT2D eigenvalue weighted by Gasteiger charge is -2.24. The molecule has 0 saturated carbocycles. The van der Waals surface area contributed by atoms with Crippen molar-refractivity contribution >= 4 is 16.8 Å². The summed E-state index contributed by atoms with van der Waals surface area (Å²) >= 11 is 0. The predicted octanol–water partition coefficient (Wildman–Crippen LogP) is 7.01. The van der Waals surface area contributed by atoms with Crippen LogP contribution >= 0.6 is 0 Å². The van der Waals surface area contributed by atoms with Gasteiger partial charge in [-0.3, -0.25) is 0 Å². The second kappa shape index (κ2) is 10.7. The molecule has 0 atom stereocenters. The van der Waals surface area contributed by atoms with Crippen molar-refractivity contribution < 1.29 is 9.52 Å². The zero-order valence-electron chi connectivity index (χ0n) is 19.3. The number of phenols is 1. The van der Waals surface area contributed by atoms with Crippen LogP contribution in [-0.4, -0.2) is 23.2 Å². The third-order valence-electron chi connectivity index (χ3n) is 5.67. The fourth-order valence-corrected chi connectivity index (χ4v) is 3.75. The number of aromatic hydroxyl groups is 1. The Bertz CT molecular complexity index is 1220. The molecule has 0 radical (unpaired) electrons. The Morgan fingerprint density at radius 2 is 1.52 bits per heavy atom. The topological polar surface area (TPSA) is 49.5 Å². The number of unbranched alkanes of at least 4 members (excludes halogenated alkanes) is 2. The molecule has 0 fully saturated rings. The van der Waals surface area contributed by atoms with Crippen molar-refractivity contribution in [2.24, 2.45) is 0 Å². The molecule has 0 spiro atoms. The molecule has 33 heavy (non-hydrogen) atoms. The largest absolute Gasteiger partial charge is 0.507 e. The molecule has 0 aliphatic rings. The maximum atomic E-state index is 10.5. The van der Waals surface area contributed by atoms with E-state index in [-0.39, 0.29) is 5.75 Å². The second-order valence-electron chi connectivity index (χ2n) is 8.21. The molecule has 0 aliphatic heterocycles. The molecule has 1 aromatic heterocycles. The number of benzene rings is 3. The molecule has 4 aromatic rings. The highest BCUT2D eigenvalue weighted by molar-refractivity contribution is 5.77. The first kappa shape index (κ1) is 22.5. The molecule has 1 N–H and O–H groups in total. The normalized spacial score (nSPS) is 10.7. The van der Waals surface area contributed by atoms with E-state index in [1.54, 1.807) is 12.1 Å². The number of nitrogens with zero attached hydrogens (tertiary/aromatic N) is 2. The lowest BCUT2D eigenvalue weighted by molar-refractivity contribution is 0.474. The standard InChI is InChI=1S/C29H30N2O2/c1-3-5-19-31(20-6-4-2)24-16-13-22(14-17-24)11-12-23-15-18-25(27(32)21-23)29-30-26-9-7-8-10-28(26)33-29/h7-10,13-18,21,32H,3-6,19-20H2,1-2H3. The van der Waals surface area contributed by atoms with Crippen molar-refractivity contribution in [2.45, 2.75) is 39.5 Å². The summed E-state index contributed by atoms with van der Waals surface area (Å²) in [6, 6.07) is 21.3. The first-order chi connectivity index (χ1) is 16.2. The smallest absolute Gasteiger partial charge is 0.231 e. The van der Waals surface area contributed by atoms with E-state index in [1.165, 1.54) is 31.4 Å². The zero-order chi connectivity index (χ0) is 23.0. The van der Waals surface area contributed by atoms with Crippen LogP contribution in [0.2, 0.25) is 0 Å². The van der Waals surface area contributed by atoms with Gasteiger partial charge in [0.25, 0.3) is 0 Å². The summed E-state index contributed by atoms with van der Waals surface area (Å²) in [4.78, 5) is 6.93. The van der Waals surface area contributed by atoms with E-state index in [2.05, 4.69) is 59.8 Å². The number of hydrogen-bond donors (Lipinski definition) is 1. The van der Waals surface area contributed by atoms with Crippen LogP contribution in [0.3, 0.4) is 0 Å². The van der Waals surface area contributed by atoms with Crippen molar-refractivity contribution in [1.82, 2.24) is 4.98 Å². The van der Waals surface area contributed by atoms with Gasteiger partial charge in [0.05, 0.1) is 5.56 Å². The first-order valence-electron chi connectivity index (χ1n) is 11.7. The Labute approximate surface area is 195 Å². The minimum atomic E-state index is 0.103. The summed E-state index contributed by atoms with van der Waals surface area (Å²) in [5.41, 5.74) is 4.96. The molecule has 0 amide bonds. The third kappa shape index (κ3) is 5.56. The third-order valence-corrected chi connectivity index (χ3v) is 5.67. The zero-order valence-corrected chi connectivity index (χ0v) is 19.3. The number of hydrogen-bond acceptors (Lipinski definition) is 4. The molecule has 168 valence electrons. The molecule has 0 unspecified atom stereocenters. The molecule has 3 aromatic carbocycles. The molecule has 4 rings (SSSR count). The fraction of sp³-hybridized carbons (Fsp3) is 0.276. The van der Waals surface area contributed by atoms with Gasteiger partial charge in [0.2, 0.25) is 5.89 Å². The summed E-state index contributed by atoms with van der Waals surface area (Å²) in [6.07, 6.45) is 4.80. The van der Waals surface area contributed by atoms with Gasteiger partial charge >= 0.3 is 0 Å². The lowest BCUT2D eigenvalue weighted by Crippen LogP contribution is -2.25. The molecule has 0 aliphatic carbocycles. The predicted molar refractivity (Wildman–Crippen MR) is 136 cm³/mol. The summed E-state index contributed by atoms with van der Waals surface area (Å²) in [5, 5.41) is 10.5. The highest BCUT2D eigenvalue weighted by atomic mass is 16.3. The lowest BCUT2D eigenvalue weighted by atomic mass is 10.1. The Balaban J connectivity index is 1.49. The average Bonchev–Trinajstić information content (AvgIpc) is 3.27. The van der Waals surface area contributed by atoms with E-state index in [0.717, 1.165) is 29.7 Å². The molecular weight excluding hydrogens is 408 g/mol. The van der Waals surface area contributed by atoms with Gasteiger partial charge in [-0.05, 0) is 67.4 Å². The molecule has 4 nitrogen and oxygen atoms in total. The number of fused-ring (bicyclic) bond motifs is 1. The minimum Gasteiger partial charge on any atom is -0.507 e. The van der Waals surface area contributed by atoms with Gasteiger partial charge in [-0.2, -0.15) is 0 Å². The van der Waals surface area contributed by atoms with Crippen LogP contribution in [0.4, 0.5) is 5.69 Å². The van der Waals surface area contributed by atoms with Gasteiger partial charge in [0, 0.05) is 29.9 Å². The molecule has 4 heteroatoms. The number of anilines is 1. The van der Waals surface area contributed by atoms with Crippen LogP contribution in [0, 0.1) is 11.8 Å². The van der Waals surface area contributed by atoms with Gasteiger partial charge in [-0.1, -0.05) is 50.7 Å². The van der Waals surface area contributed by atoms with Gasteiger partial charge in [-0.15, -0.1) is 0 Å². The maximum absolute atomic E-state index is 10.5. The highest BCUT2D eigenvalue weighted by Crippen LogP contribution is 2.31. The van der Waals surface area contributed by atoms with Gasteiger partial charge in [0.1, 0.15) is 11.3 Å². The number of aromatic nitrogens is 1. The first-order valence-corrected chi connectivity index (χ1v) is 11.7. The quantitative estimate of drug-likeness (QED) is 0.301. The Morgan fingerprint density at radius 3 is 2.18 bits per heavy atom. The van der Waals surface area contributed by atoms with Crippen LogP contribution in [-0.2, 0) is 0 Å². The van der Waals surface area contributed by atoms with E-state index >= 15 is 0 Å². The average molecular weight is 439 g/mol. The van der Waals surface area contributed by atoms with Crippen LogP contribution in [0.5, 0.6) is 5.75 Å². The van der Waals surface area contributed by atoms with Crippen LogP contribution in [0.15, 0.2) is 71.1 Å². The molecular formula is C29H30N2O2. The number of rotatable bonds is 8. The maximum Gasteiger partial charge on any atom is 0.231 e. The fourth-order valence-electron chi connectivity index (χ4n) is 3.75. The Kier molecular flexibility index (Phi) is 7.32. The van der Waals surface area contributed by atoms with Crippen LogP contribution < -0.4 is 4.90 Å². The van der Waals surface area contributed by atoms with E-state index in [0.29, 0.717) is 17.0 Å². The summed E-state index contributed by atoms with van der Waals surface area (Å²) in [6.45, 7) is 6.64. The number of oxazole rings is 1. The highest BCUT2D eigenvalue weighted by Gasteiger charge is 2.12.